The van der Waals surface area contributed by atoms with Crippen molar-refractivity contribution in [1.82, 2.24) is 20.4 Å². The predicted octanol–water partition coefficient (Wildman–Crippen LogP) is 2.41. The molecule has 1 aliphatic rings. The largest absolute Gasteiger partial charge is 0.355 e. The van der Waals surface area contributed by atoms with Crippen LogP contribution in [0.1, 0.15) is 23.6 Å². The molecular weight excluding hydrogens is 445 g/mol. The summed E-state index contributed by atoms with van der Waals surface area (Å²) in [5.74, 6) is 0.900. The molecule has 2 unspecified atom stereocenters. The van der Waals surface area contributed by atoms with Gasteiger partial charge in [-0.3, -0.25) is 9.89 Å². The Bertz CT molecular complexity index is 525. The predicted molar refractivity (Wildman–Crippen MR) is 121 cm³/mol. The fourth-order valence-corrected chi connectivity index (χ4v) is 4.03. The molecule has 7 heteroatoms. The Hall–Kier alpha value is -0.380. The molecule has 1 saturated heterocycles. The van der Waals surface area contributed by atoms with Crippen molar-refractivity contribution in [3.63, 3.8) is 0 Å². The van der Waals surface area contributed by atoms with Gasteiger partial charge in [-0.25, -0.2) is 0 Å². The number of guanidine groups is 1. The van der Waals surface area contributed by atoms with Gasteiger partial charge in [-0.15, -0.1) is 35.3 Å². The molecule has 25 heavy (non-hydrogen) atoms. The number of halogens is 1. The summed E-state index contributed by atoms with van der Waals surface area (Å²) in [6, 6.07) is 5.31. The van der Waals surface area contributed by atoms with E-state index >= 15 is 0 Å². The van der Waals surface area contributed by atoms with E-state index in [-0.39, 0.29) is 24.0 Å². The van der Waals surface area contributed by atoms with Gasteiger partial charge in [0.05, 0.1) is 0 Å². The highest BCUT2D eigenvalue weighted by atomic mass is 127. The van der Waals surface area contributed by atoms with Crippen LogP contribution in [0.2, 0.25) is 0 Å². The van der Waals surface area contributed by atoms with Crippen molar-refractivity contribution in [2.24, 2.45) is 4.99 Å². The van der Waals surface area contributed by atoms with Crippen LogP contribution in [0, 0.1) is 6.92 Å². The van der Waals surface area contributed by atoms with Gasteiger partial charge < -0.3 is 15.5 Å². The Kier molecular flexibility index (Phi) is 10.3. The maximum atomic E-state index is 4.38. The van der Waals surface area contributed by atoms with Gasteiger partial charge in [0.15, 0.2) is 5.96 Å². The molecule has 0 amide bonds. The van der Waals surface area contributed by atoms with Crippen LogP contribution in [0.5, 0.6) is 0 Å². The normalized spacial score (nSPS) is 19.2. The smallest absolute Gasteiger partial charge is 0.191 e. The van der Waals surface area contributed by atoms with Crippen molar-refractivity contribution < 1.29 is 0 Å². The number of hydrogen-bond donors (Lipinski definition) is 2. The highest BCUT2D eigenvalue weighted by Gasteiger charge is 2.19. The molecule has 144 valence electrons. The first kappa shape index (κ1) is 22.7. The highest BCUT2D eigenvalue weighted by molar-refractivity contribution is 14.0. The van der Waals surface area contributed by atoms with Crippen LogP contribution < -0.4 is 10.6 Å². The number of hydrogen-bond acceptors (Lipinski definition) is 4. The highest BCUT2D eigenvalue weighted by Crippen LogP contribution is 2.16. The molecule has 2 rings (SSSR count). The minimum absolute atomic E-state index is 0. The molecule has 0 bridgehead atoms. The maximum absolute atomic E-state index is 4.38. The van der Waals surface area contributed by atoms with Crippen LogP contribution >= 0.6 is 35.3 Å². The summed E-state index contributed by atoms with van der Waals surface area (Å²) in [4.78, 5) is 12.1. The van der Waals surface area contributed by atoms with Crippen LogP contribution in [0.4, 0.5) is 0 Å². The zero-order valence-electron chi connectivity index (χ0n) is 16.2. The lowest BCUT2D eigenvalue weighted by molar-refractivity contribution is 0.120. The third kappa shape index (κ3) is 7.80. The van der Waals surface area contributed by atoms with Gasteiger partial charge >= 0.3 is 0 Å². The molecule has 2 heterocycles. The van der Waals surface area contributed by atoms with Crippen LogP contribution in [0.15, 0.2) is 17.1 Å². The van der Waals surface area contributed by atoms with Gasteiger partial charge in [-0.1, -0.05) is 0 Å². The average molecular weight is 479 g/mol. The minimum atomic E-state index is 0. The Balaban J connectivity index is 0.00000312. The Morgan fingerprint density at radius 2 is 1.92 bits per heavy atom. The van der Waals surface area contributed by atoms with Gasteiger partial charge in [-0.05, 0) is 40.0 Å². The molecule has 0 aromatic carbocycles. The van der Waals surface area contributed by atoms with E-state index in [1.165, 1.54) is 9.75 Å². The Morgan fingerprint density at radius 3 is 2.48 bits per heavy atom. The molecule has 2 atom stereocenters. The summed E-state index contributed by atoms with van der Waals surface area (Å²) in [7, 11) is 4.04. The lowest BCUT2D eigenvalue weighted by Crippen LogP contribution is -2.53. The second kappa shape index (κ2) is 11.4. The molecule has 1 aliphatic heterocycles. The first-order chi connectivity index (χ1) is 11.5. The monoisotopic (exact) mass is 479 g/mol. The van der Waals surface area contributed by atoms with Crippen molar-refractivity contribution in [2.45, 2.75) is 39.3 Å². The standard InChI is InChI=1S/C18H33N5S.HI/c1-14(12-17-7-6-16(3)24-17)21-18(19-4)20-13-15(2)23-10-8-22(5)9-11-23;/h6-7,14-15H,8-13H2,1-5H3,(H2,19,20,21);1H. The number of rotatable bonds is 6. The summed E-state index contributed by atoms with van der Waals surface area (Å²) in [5.41, 5.74) is 0. The lowest BCUT2D eigenvalue weighted by Gasteiger charge is -2.36. The molecule has 0 aliphatic carbocycles. The maximum Gasteiger partial charge on any atom is 0.191 e. The number of aryl methyl sites for hydroxylation is 1. The molecule has 1 aromatic heterocycles. The second-order valence-electron chi connectivity index (χ2n) is 6.90. The zero-order valence-corrected chi connectivity index (χ0v) is 19.4. The fraction of sp³-hybridized carbons (Fsp3) is 0.722. The number of piperazine rings is 1. The van der Waals surface area contributed by atoms with E-state index in [0.717, 1.165) is 45.1 Å². The van der Waals surface area contributed by atoms with Gasteiger partial charge in [0, 0.05) is 68.0 Å². The van der Waals surface area contributed by atoms with E-state index in [1.807, 2.05) is 18.4 Å². The Morgan fingerprint density at radius 1 is 1.24 bits per heavy atom. The SMILES string of the molecule is CN=C(NCC(C)N1CCN(C)CC1)NC(C)Cc1ccc(C)s1.I. The Labute approximate surface area is 174 Å². The van der Waals surface area contributed by atoms with Gasteiger partial charge in [0.2, 0.25) is 0 Å². The third-order valence-electron chi connectivity index (χ3n) is 4.64. The van der Waals surface area contributed by atoms with Crippen LogP contribution in [0.3, 0.4) is 0 Å². The second-order valence-corrected chi connectivity index (χ2v) is 8.28. The van der Waals surface area contributed by atoms with Crippen molar-refractivity contribution in [1.29, 1.82) is 0 Å². The summed E-state index contributed by atoms with van der Waals surface area (Å²) in [6.07, 6.45) is 1.03. The van der Waals surface area contributed by atoms with Crippen LogP contribution in [0.25, 0.3) is 0 Å². The quantitative estimate of drug-likeness (QED) is 0.374. The van der Waals surface area contributed by atoms with E-state index in [9.17, 15) is 0 Å². The lowest BCUT2D eigenvalue weighted by atomic mass is 10.2. The summed E-state index contributed by atoms with van der Waals surface area (Å²) < 4.78 is 0. The zero-order chi connectivity index (χ0) is 17.5. The summed E-state index contributed by atoms with van der Waals surface area (Å²) >= 11 is 1.88. The van der Waals surface area contributed by atoms with Crippen LogP contribution in [-0.2, 0) is 6.42 Å². The number of nitrogens with zero attached hydrogens (tertiary/aromatic N) is 3. The number of nitrogens with one attached hydrogen (secondary N) is 2. The molecule has 2 N–H and O–H groups in total. The van der Waals surface area contributed by atoms with Gasteiger partial charge in [0.25, 0.3) is 0 Å². The van der Waals surface area contributed by atoms with Crippen molar-refractivity contribution in [2.75, 3.05) is 46.8 Å². The van der Waals surface area contributed by atoms with Crippen LogP contribution in [-0.4, -0.2) is 74.7 Å². The minimum Gasteiger partial charge on any atom is -0.355 e. The number of thiophene rings is 1. The molecule has 5 nitrogen and oxygen atoms in total. The van der Waals surface area contributed by atoms with E-state index in [0.29, 0.717) is 12.1 Å². The molecule has 0 radical (unpaired) electrons. The molecule has 0 spiro atoms. The average Bonchev–Trinajstić information content (AvgIpc) is 2.96. The number of likely N-dealkylation sites (N-methyl/N-ethyl adjacent to an activating group) is 1. The topological polar surface area (TPSA) is 42.9 Å². The molecular formula is C18H34IN5S. The van der Waals surface area contributed by atoms with E-state index in [1.54, 1.807) is 0 Å². The molecule has 1 aromatic rings. The summed E-state index contributed by atoms with van der Waals surface area (Å²) in [6.45, 7) is 12.2. The van der Waals surface area contributed by atoms with Crippen molar-refractivity contribution in [3.8, 4) is 0 Å². The fourth-order valence-electron chi connectivity index (χ4n) is 3.01. The third-order valence-corrected chi connectivity index (χ3v) is 5.66. The van der Waals surface area contributed by atoms with E-state index < -0.39 is 0 Å². The molecule has 1 fully saturated rings. The summed E-state index contributed by atoms with van der Waals surface area (Å²) in [5, 5.41) is 7.00. The van der Waals surface area contributed by atoms with Gasteiger partial charge in [0.1, 0.15) is 0 Å². The first-order valence-electron chi connectivity index (χ1n) is 8.93. The molecule has 0 saturated carbocycles. The van der Waals surface area contributed by atoms with E-state index in [2.05, 4.69) is 65.4 Å². The van der Waals surface area contributed by atoms with Gasteiger partial charge in [-0.2, -0.15) is 0 Å². The van der Waals surface area contributed by atoms with Crippen molar-refractivity contribution >= 4 is 41.3 Å². The van der Waals surface area contributed by atoms with Crippen molar-refractivity contribution in [3.05, 3.63) is 21.9 Å². The number of aliphatic imine (C=N–C) groups is 1. The first-order valence-corrected chi connectivity index (χ1v) is 9.74. The van der Waals surface area contributed by atoms with E-state index in [4.69, 9.17) is 0 Å².